The number of carbonyl (C=O) groups is 2. The highest BCUT2D eigenvalue weighted by molar-refractivity contribution is 6.03. The summed E-state index contributed by atoms with van der Waals surface area (Å²) >= 11 is 0. The van der Waals surface area contributed by atoms with Gasteiger partial charge in [-0.05, 0) is 38.3 Å². The zero-order chi connectivity index (χ0) is 22.8. The molecule has 0 saturated carbocycles. The third-order valence-corrected chi connectivity index (χ3v) is 5.03. The van der Waals surface area contributed by atoms with Gasteiger partial charge in [0.1, 0.15) is 17.4 Å². The van der Waals surface area contributed by atoms with Gasteiger partial charge in [-0.2, -0.15) is 13.2 Å². The summed E-state index contributed by atoms with van der Waals surface area (Å²) in [5.41, 5.74) is -1.82. The molecular formula is C21H23F3N2O5. The quantitative estimate of drug-likeness (QED) is 0.383. The van der Waals surface area contributed by atoms with Crippen LogP contribution in [-0.4, -0.2) is 36.0 Å². The van der Waals surface area contributed by atoms with Crippen LogP contribution < -0.4 is 15.7 Å². The molecule has 31 heavy (non-hydrogen) atoms. The van der Waals surface area contributed by atoms with Crippen LogP contribution in [0.5, 0.6) is 5.75 Å². The number of benzene rings is 1. The molecule has 0 aliphatic carbocycles. The van der Waals surface area contributed by atoms with Gasteiger partial charge in [-0.1, -0.05) is 13.3 Å². The van der Waals surface area contributed by atoms with Gasteiger partial charge in [-0.3, -0.25) is 9.69 Å². The summed E-state index contributed by atoms with van der Waals surface area (Å²) in [4.78, 5) is 36.5. The fourth-order valence-corrected chi connectivity index (χ4v) is 3.55. The second-order valence-corrected chi connectivity index (χ2v) is 7.36. The molecule has 1 aliphatic rings. The first-order valence-corrected chi connectivity index (χ1v) is 10.0. The van der Waals surface area contributed by atoms with Crippen molar-refractivity contribution < 1.29 is 31.9 Å². The van der Waals surface area contributed by atoms with Crippen LogP contribution >= 0.6 is 0 Å². The molecule has 1 aliphatic heterocycles. The minimum Gasteiger partial charge on any atom is -0.493 e. The summed E-state index contributed by atoms with van der Waals surface area (Å²) in [5, 5.41) is 2.35. The van der Waals surface area contributed by atoms with E-state index < -0.39 is 29.4 Å². The highest BCUT2D eigenvalue weighted by Gasteiger charge is 2.35. The van der Waals surface area contributed by atoms with Gasteiger partial charge in [-0.25, -0.2) is 9.59 Å². The largest absolute Gasteiger partial charge is 0.493 e. The highest BCUT2D eigenvalue weighted by Crippen LogP contribution is 2.37. The second kappa shape index (κ2) is 8.99. The Morgan fingerprint density at radius 3 is 2.55 bits per heavy atom. The summed E-state index contributed by atoms with van der Waals surface area (Å²) in [5.74, 6) is 0.0709. The Morgan fingerprint density at radius 2 is 1.94 bits per heavy atom. The molecule has 0 bridgehead atoms. The maximum absolute atomic E-state index is 13.3. The van der Waals surface area contributed by atoms with Crippen molar-refractivity contribution in [3.63, 3.8) is 0 Å². The number of halogens is 3. The number of aryl methyl sites for hydroxylation is 1. The third kappa shape index (κ3) is 4.83. The minimum absolute atomic E-state index is 0.118. The van der Waals surface area contributed by atoms with Crippen LogP contribution in [0, 0.1) is 0 Å². The molecule has 1 saturated heterocycles. The van der Waals surface area contributed by atoms with Crippen molar-refractivity contribution in [2.24, 2.45) is 0 Å². The Labute approximate surface area is 176 Å². The molecule has 2 heterocycles. The fraction of sp³-hybridized carbons (Fsp3) is 0.476. The van der Waals surface area contributed by atoms with Crippen molar-refractivity contribution in [2.75, 3.05) is 13.2 Å². The zero-order valence-corrected chi connectivity index (χ0v) is 17.2. The molecule has 1 unspecified atom stereocenters. The van der Waals surface area contributed by atoms with Gasteiger partial charge in [0.15, 0.2) is 0 Å². The van der Waals surface area contributed by atoms with Gasteiger partial charge in [0, 0.05) is 23.6 Å². The van der Waals surface area contributed by atoms with E-state index in [9.17, 15) is 27.6 Å². The summed E-state index contributed by atoms with van der Waals surface area (Å²) in [7, 11) is 0. The number of hydrogen-bond donors (Lipinski definition) is 1. The van der Waals surface area contributed by atoms with Crippen LogP contribution in [-0.2, 0) is 17.4 Å². The van der Waals surface area contributed by atoms with Gasteiger partial charge >= 0.3 is 17.8 Å². The lowest BCUT2D eigenvalue weighted by atomic mass is 10.0. The number of unbranched alkanes of at least 4 members (excludes halogenated alkanes) is 1. The number of carbonyl (C=O) groups excluding carboxylic acids is 2. The lowest BCUT2D eigenvalue weighted by molar-refractivity contribution is -0.136. The van der Waals surface area contributed by atoms with Crippen molar-refractivity contribution >= 4 is 22.9 Å². The number of hydrogen-bond acceptors (Lipinski definition) is 5. The molecule has 1 aromatic heterocycles. The SMILES string of the molecule is CCCc1c(OCCCCN2C(=O)NC(C)C2=O)ccc2c(C(F)(F)F)cc(=O)oc12. The van der Waals surface area contributed by atoms with Gasteiger partial charge in [0.2, 0.25) is 0 Å². The van der Waals surface area contributed by atoms with E-state index in [2.05, 4.69) is 5.32 Å². The van der Waals surface area contributed by atoms with E-state index in [4.69, 9.17) is 9.15 Å². The van der Waals surface area contributed by atoms with Crippen LogP contribution in [0.4, 0.5) is 18.0 Å². The number of ether oxygens (including phenoxy) is 1. The first-order valence-electron chi connectivity index (χ1n) is 10.0. The van der Waals surface area contributed by atoms with Crippen molar-refractivity contribution in [2.45, 2.75) is 51.7 Å². The molecule has 2 aromatic rings. The average molecular weight is 440 g/mol. The molecular weight excluding hydrogens is 417 g/mol. The van der Waals surface area contributed by atoms with E-state index in [0.29, 0.717) is 43.1 Å². The maximum Gasteiger partial charge on any atom is 0.417 e. The number of fused-ring (bicyclic) bond motifs is 1. The van der Waals surface area contributed by atoms with Gasteiger partial charge < -0.3 is 14.5 Å². The molecule has 10 heteroatoms. The Hall–Kier alpha value is -3.04. The van der Waals surface area contributed by atoms with E-state index in [1.807, 2.05) is 6.92 Å². The van der Waals surface area contributed by atoms with E-state index in [0.717, 1.165) is 4.90 Å². The minimum atomic E-state index is -4.68. The van der Waals surface area contributed by atoms with E-state index >= 15 is 0 Å². The average Bonchev–Trinajstić information content (AvgIpc) is 2.93. The van der Waals surface area contributed by atoms with Crippen LogP contribution in [0.15, 0.2) is 27.4 Å². The predicted octanol–water partition coefficient (Wildman–Crippen LogP) is 3.86. The Morgan fingerprint density at radius 1 is 1.19 bits per heavy atom. The molecule has 0 radical (unpaired) electrons. The summed E-state index contributed by atoms with van der Waals surface area (Å²) in [6.07, 6.45) is -2.68. The number of alkyl halides is 3. The third-order valence-electron chi connectivity index (χ3n) is 5.03. The van der Waals surface area contributed by atoms with Crippen LogP contribution in [0.3, 0.4) is 0 Å². The molecule has 3 amide bonds. The van der Waals surface area contributed by atoms with Crippen molar-refractivity contribution in [3.05, 3.63) is 39.7 Å². The van der Waals surface area contributed by atoms with E-state index in [-0.39, 0.29) is 30.0 Å². The topological polar surface area (TPSA) is 88.9 Å². The number of rotatable bonds is 8. The predicted molar refractivity (Wildman–Crippen MR) is 106 cm³/mol. The summed E-state index contributed by atoms with van der Waals surface area (Å²) in [6.45, 7) is 3.95. The standard InChI is InChI=1S/C21H23F3N2O5/c1-3-6-14-16(30-10-5-4-9-26-19(28)12(2)25-20(26)29)8-7-13-15(21(22,23)24)11-17(27)31-18(13)14/h7-8,11-12H,3-6,9-10H2,1-2H3,(H,25,29). The lowest BCUT2D eigenvalue weighted by Crippen LogP contribution is -2.32. The smallest absolute Gasteiger partial charge is 0.417 e. The molecule has 7 nitrogen and oxygen atoms in total. The lowest BCUT2D eigenvalue weighted by Gasteiger charge is -2.16. The number of nitrogens with one attached hydrogen (secondary N) is 1. The van der Waals surface area contributed by atoms with E-state index in [1.165, 1.54) is 12.1 Å². The maximum atomic E-state index is 13.3. The number of urea groups is 1. The Kier molecular flexibility index (Phi) is 6.56. The van der Waals surface area contributed by atoms with Gasteiger partial charge in [-0.15, -0.1) is 0 Å². The fourth-order valence-electron chi connectivity index (χ4n) is 3.55. The molecule has 1 fully saturated rings. The second-order valence-electron chi connectivity index (χ2n) is 7.36. The molecule has 1 aromatic carbocycles. The number of amides is 3. The van der Waals surface area contributed by atoms with Crippen LogP contribution in [0.25, 0.3) is 11.0 Å². The van der Waals surface area contributed by atoms with Crippen LogP contribution in [0.2, 0.25) is 0 Å². The molecule has 1 atom stereocenters. The molecule has 3 rings (SSSR count). The number of nitrogens with zero attached hydrogens (tertiary/aromatic N) is 1. The summed E-state index contributed by atoms with van der Waals surface area (Å²) in [6, 6.07) is 2.18. The Balaban J connectivity index is 1.73. The first kappa shape index (κ1) is 22.6. The monoisotopic (exact) mass is 440 g/mol. The summed E-state index contributed by atoms with van der Waals surface area (Å²) < 4.78 is 50.9. The number of imide groups is 1. The van der Waals surface area contributed by atoms with E-state index in [1.54, 1.807) is 6.92 Å². The van der Waals surface area contributed by atoms with Gasteiger partial charge in [0.25, 0.3) is 5.91 Å². The van der Waals surface area contributed by atoms with Crippen molar-refractivity contribution in [1.82, 2.24) is 10.2 Å². The normalized spacial score (nSPS) is 16.8. The Bertz CT molecular complexity index is 1050. The first-order chi connectivity index (χ1) is 14.6. The highest BCUT2D eigenvalue weighted by atomic mass is 19.4. The molecule has 168 valence electrons. The molecule has 0 spiro atoms. The van der Waals surface area contributed by atoms with Crippen molar-refractivity contribution in [3.8, 4) is 5.75 Å². The van der Waals surface area contributed by atoms with Crippen molar-refractivity contribution in [1.29, 1.82) is 0 Å². The molecule has 1 N–H and O–H groups in total. The zero-order valence-electron chi connectivity index (χ0n) is 17.2. The van der Waals surface area contributed by atoms with Crippen LogP contribution in [0.1, 0.15) is 44.2 Å². The van der Waals surface area contributed by atoms with Gasteiger partial charge in [0.05, 0.1) is 12.2 Å².